The lowest BCUT2D eigenvalue weighted by atomic mass is 9.95. The normalized spacial score (nSPS) is 14.6. The van der Waals surface area contributed by atoms with E-state index < -0.39 is 0 Å². The number of amides is 4. The number of aldehydes is 2. The van der Waals surface area contributed by atoms with Crippen LogP contribution >= 0.6 is 58.2 Å². The van der Waals surface area contributed by atoms with Gasteiger partial charge in [0.15, 0.2) is 12.6 Å². The third kappa shape index (κ3) is 9.77. The minimum absolute atomic E-state index is 0.0393. The number of halogens is 4. The molecule has 0 bridgehead atoms. The Morgan fingerprint density at radius 3 is 1.22 bits per heavy atom. The van der Waals surface area contributed by atoms with Crippen LogP contribution in [0.4, 0.5) is 0 Å². The van der Waals surface area contributed by atoms with E-state index in [-0.39, 0.29) is 54.8 Å². The molecule has 0 aliphatic carbocycles. The van der Waals surface area contributed by atoms with Crippen LogP contribution < -0.4 is 0 Å². The first-order valence-corrected chi connectivity index (χ1v) is 20.9. The van der Waals surface area contributed by atoms with E-state index in [2.05, 4.69) is 0 Å². The molecule has 2 fully saturated rings. The van der Waals surface area contributed by atoms with E-state index in [0.29, 0.717) is 108 Å². The van der Waals surface area contributed by atoms with E-state index in [0.717, 1.165) is 0 Å². The standard InChI is InChI=1S/C44H38Cl4N4O6S/c1-27(55)49-17-21-51(22-18-49)39(57)15-11-29-9-13-37(43(47)41(29)31-5-3-7-35(45)33(31)25-53)59-38-14-10-30(12-16-40(58)52-23-19-50(20-24-52)28(2)56)42(44(38)48)32-6-4-8-36(46)34(32)26-54/h3-16,25-26H,17-24H2,1-2H3/b15-11+,16-12+. The molecule has 59 heavy (non-hydrogen) atoms. The summed E-state index contributed by atoms with van der Waals surface area (Å²) in [6, 6.07) is 17.2. The van der Waals surface area contributed by atoms with Crippen LogP contribution in [0.3, 0.4) is 0 Å². The summed E-state index contributed by atoms with van der Waals surface area (Å²) in [4.78, 5) is 82.7. The molecule has 0 spiro atoms. The zero-order valence-electron chi connectivity index (χ0n) is 32.1. The quantitative estimate of drug-likeness (QED) is 0.116. The number of piperazine rings is 2. The molecule has 2 aliphatic heterocycles. The zero-order chi connectivity index (χ0) is 42.4. The third-order valence-electron chi connectivity index (χ3n) is 10.3. The highest BCUT2D eigenvalue weighted by molar-refractivity contribution is 7.99. The number of nitrogens with zero attached hydrogens (tertiary/aromatic N) is 4. The van der Waals surface area contributed by atoms with Gasteiger partial charge in [-0.15, -0.1) is 0 Å². The van der Waals surface area contributed by atoms with Gasteiger partial charge in [0, 0.05) is 110 Å². The molecule has 0 saturated carbocycles. The topological polar surface area (TPSA) is 115 Å². The first kappa shape index (κ1) is 43.7. The van der Waals surface area contributed by atoms with E-state index in [1.807, 2.05) is 0 Å². The van der Waals surface area contributed by atoms with Crippen LogP contribution in [0.25, 0.3) is 34.4 Å². The summed E-state index contributed by atoms with van der Waals surface area (Å²) in [6.45, 7) is 6.36. The molecule has 2 heterocycles. The first-order chi connectivity index (χ1) is 28.3. The molecule has 4 aromatic carbocycles. The first-order valence-electron chi connectivity index (χ1n) is 18.6. The fourth-order valence-corrected chi connectivity index (χ4v) is 9.12. The highest BCUT2D eigenvalue weighted by atomic mass is 35.5. The molecule has 0 atom stereocenters. The van der Waals surface area contributed by atoms with Gasteiger partial charge in [0.05, 0.1) is 20.1 Å². The second-order valence-corrected chi connectivity index (χ2v) is 16.4. The van der Waals surface area contributed by atoms with Gasteiger partial charge in [-0.05, 0) is 58.7 Å². The predicted molar refractivity (Wildman–Crippen MR) is 234 cm³/mol. The Kier molecular flexibility index (Phi) is 14.4. The van der Waals surface area contributed by atoms with E-state index in [9.17, 15) is 28.8 Å². The van der Waals surface area contributed by atoms with Crippen molar-refractivity contribution in [3.8, 4) is 22.3 Å². The molecule has 0 N–H and O–H groups in total. The molecule has 0 radical (unpaired) electrons. The lowest BCUT2D eigenvalue weighted by molar-refractivity contribution is -0.135. The summed E-state index contributed by atoms with van der Waals surface area (Å²) in [5.74, 6) is -0.557. The molecule has 6 rings (SSSR count). The van der Waals surface area contributed by atoms with Crippen molar-refractivity contribution in [1.29, 1.82) is 0 Å². The van der Waals surface area contributed by atoms with Gasteiger partial charge in [0.2, 0.25) is 23.6 Å². The Morgan fingerprint density at radius 2 is 0.881 bits per heavy atom. The number of hydrogen-bond acceptors (Lipinski definition) is 7. The van der Waals surface area contributed by atoms with Gasteiger partial charge >= 0.3 is 0 Å². The molecule has 4 amide bonds. The van der Waals surface area contributed by atoms with Gasteiger partial charge < -0.3 is 19.6 Å². The zero-order valence-corrected chi connectivity index (χ0v) is 35.9. The minimum Gasteiger partial charge on any atom is -0.339 e. The van der Waals surface area contributed by atoms with Crippen molar-refractivity contribution < 1.29 is 28.8 Å². The van der Waals surface area contributed by atoms with Gasteiger partial charge in [0.1, 0.15) is 0 Å². The fourth-order valence-electron chi connectivity index (χ4n) is 7.01. The Balaban J connectivity index is 1.39. The minimum atomic E-state index is -0.239. The van der Waals surface area contributed by atoms with Gasteiger partial charge in [-0.1, -0.05) is 94.6 Å². The molecule has 0 unspecified atom stereocenters. The van der Waals surface area contributed by atoms with Crippen LogP contribution in [0.2, 0.25) is 20.1 Å². The molecular formula is C44H38Cl4N4O6S. The maximum atomic E-state index is 13.3. The van der Waals surface area contributed by atoms with Gasteiger partial charge in [-0.25, -0.2) is 0 Å². The predicted octanol–water partition coefficient (Wildman–Crippen LogP) is 8.82. The van der Waals surface area contributed by atoms with Crippen LogP contribution in [-0.2, 0) is 19.2 Å². The number of hydrogen-bond donors (Lipinski definition) is 0. The van der Waals surface area contributed by atoms with Crippen molar-refractivity contribution in [2.45, 2.75) is 23.6 Å². The van der Waals surface area contributed by atoms with Crippen LogP contribution in [0, 0.1) is 0 Å². The van der Waals surface area contributed by atoms with E-state index in [4.69, 9.17) is 46.4 Å². The van der Waals surface area contributed by atoms with Gasteiger partial charge in [-0.2, -0.15) is 0 Å². The van der Waals surface area contributed by atoms with Gasteiger partial charge in [-0.3, -0.25) is 28.8 Å². The Bertz CT molecular complexity index is 2240. The lowest BCUT2D eigenvalue weighted by Crippen LogP contribution is -2.49. The second-order valence-electron chi connectivity index (χ2n) is 13.8. The maximum Gasteiger partial charge on any atom is 0.246 e. The van der Waals surface area contributed by atoms with Crippen molar-refractivity contribution in [2.24, 2.45) is 0 Å². The smallest absolute Gasteiger partial charge is 0.246 e. The molecule has 4 aromatic rings. The summed E-state index contributed by atoms with van der Waals surface area (Å²) in [5, 5.41) is 0.972. The Hall–Kier alpha value is -4.91. The maximum absolute atomic E-state index is 13.3. The summed E-state index contributed by atoms with van der Waals surface area (Å²) in [7, 11) is 0. The molecular weight excluding hydrogens is 854 g/mol. The molecule has 2 saturated heterocycles. The van der Waals surface area contributed by atoms with Crippen LogP contribution in [0.5, 0.6) is 0 Å². The Labute approximate surface area is 366 Å². The van der Waals surface area contributed by atoms with Crippen LogP contribution in [-0.4, -0.2) is 108 Å². The summed E-state index contributed by atoms with van der Waals surface area (Å²) < 4.78 is 0. The summed E-state index contributed by atoms with van der Waals surface area (Å²) >= 11 is 28.7. The average molecular weight is 893 g/mol. The van der Waals surface area contributed by atoms with E-state index in [1.54, 1.807) is 92.4 Å². The van der Waals surface area contributed by atoms with Crippen LogP contribution in [0.1, 0.15) is 45.7 Å². The van der Waals surface area contributed by atoms with Gasteiger partial charge in [0.25, 0.3) is 0 Å². The summed E-state index contributed by atoms with van der Waals surface area (Å²) in [6.07, 6.45) is 7.48. The van der Waals surface area contributed by atoms with Crippen LogP contribution in [0.15, 0.2) is 82.6 Å². The fraction of sp³-hybridized carbons (Fsp3) is 0.227. The molecule has 2 aliphatic rings. The Morgan fingerprint density at radius 1 is 0.525 bits per heavy atom. The van der Waals surface area contributed by atoms with Crippen molar-refractivity contribution in [3.05, 3.63) is 115 Å². The highest BCUT2D eigenvalue weighted by Crippen LogP contribution is 2.47. The van der Waals surface area contributed by atoms with E-state index in [1.165, 1.54) is 37.8 Å². The molecule has 0 aromatic heterocycles. The highest BCUT2D eigenvalue weighted by Gasteiger charge is 2.25. The SMILES string of the molecule is CC(=O)N1CCN(C(=O)/C=C/c2ccc(Sc3ccc(/C=C/C(=O)N4CCN(C(C)=O)CC4)c(-c4cccc(Cl)c4C=O)c3Cl)c(Cl)c2-c2cccc(Cl)c2C=O)CC1. The van der Waals surface area contributed by atoms with E-state index >= 15 is 0 Å². The van der Waals surface area contributed by atoms with Crippen molar-refractivity contribution in [1.82, 2.24) is 19.6 Å². The molecule has 15 heteroatoms. The average Bonchev–Trinajstić information content (AvgIpc) is 3.23. The second kappa shape index (κ2) is 19.4. The number of rotatable bonds is 10. The third-order valence-corrected chi connectivity index (χ3v) is 13.1. The largest absolute Gasteiger partial charge is 0.339 e. The van der Waals surface area contributed by atoms with Crippen molar-refractivity contribution >= 4 is 107 Å². The van der Waals surface area contributed by atoms with Crippen molar-refractivity contribution in [2.75, 3.05) is 52.4 Å². The molecule has 304 valence electrons. The monoisotopic (exact) mass is 890 g/mol. The molecule has 10 nitrogen and oxygen atoms in total. The number of carbonyl (C=O) groups is 6. The number of carbonyl (C=O) groups excluding carboxylic acids is 6. The summed E-state index contributed by atoms with van der Waals surface area (Å²) in [5.41, 5.74) is 3.37. The van der Waals surface area contributed by atoms with Crippen molar-refractivity contribution in [3.63, 3.8) is 0 Å². The number of benzene rings is 4. The lowest BCUT2D eigenvalue weighted by Gasteiger charge is -2.33.